The fourth-order valence-electron chi connectivity index (χ4n) is 2.06. The molecule has 0 fully saturated rings. The first kappa shape index (κ1) is 26.7. The van der Waals surface area contributed by atoms with Crippen LogP contribution in [0.3, 0.4) is 0 Å². The summed E-state index contributed by atoms with van der Waals surface area (Å²) >= 11 is 0. The molecule has 0 aliphatic carbocycles. The van der Waals surface area contributed by atoms with Crippen LogP contribution in [0.4, 0.5) is 0 Å². The normalized spacial score (nSPS) is 14.5. The van der Waals surface area contributed by atoms with Gasteiger partial charge >= 0.3 is 5.97 Å². The first-order valence-electron chi connectivity index (χ1n) is 8.60. The van der Waals surface area contributed by atoms with Crippen molar-refractivity contribution in [1.29, 1.82) is 0 Å². The van der Waals surface area contributed by atoms with Crippen LogP contribution >= 0.6 is 0 Å². The molecule has 30 heavy (non-hydrogen) atoms. The number of rotatable bonds is 14. The predicted octanol–water partition coefficient (Wildman–Crippen LogP) is -6.02. The molecule has 0 rings (SSSR count). The van der Waals surface area contributed by atoms with Crippen molar-refractivity contribution >= 4 is 35.5 Å². The van der Waals surface area contributed by atoms with Crippen molar-refractivity contribution in [2.45, 2.75) is 43.4 Å². The van der Waals surface area contributed by atoms with Gasteiger partial charge in [0.2, 0.25) is 29.5 Å². The van der Waals surface area contributed by atoms with Crippen LogP contribution in [0.25, 0.3) is 0 Å². The van der Waals surface area contributed by atoms with E-state index >= 15 is 0 Å². The molecular formula is C15H26N6O9. The highest BCUT2D eigenvalue weighted by atomic mass is 16.4. The number of aliphatic hydroxyl groups excluding tert-OH is 2. The van der Waals surface area contributed by atoms with Crippen LogP contribution in [0, 0.1) is 0 Å². The number of aliphatic carboxylic acids is 1. The molecule has 0 aliphatic heterocycles. The lowest BCUT2D eigenvalue weighted by molar-refractivity contribution is -0.143. The van der Waals surface area contributed by atoms with Crippen LogP contribution < -0.4 is 33.2 Å². The third-order valence-electron chi connectivity index (χ3n) is 3.68. The van der Waals surface area contributed by atoms with Gasteiger partial charge in [-0.05, 0) is 6.42 Å². The molecule has 0 aromatic heterocycles. The highest BCUT2D eigenvalue weighted by molar-refractivity contribution is 5.96. The lowest BCUT2D eigenvalue weighted by Gasteiger charge is -2.24. The Kier molecular flexibility index (Phi) is 11.6. The SMILES string of the molecule is NC(=O)CCC(NC(=O)C(N)CO)C(=O)NC(CC(N)=O)C(=O)NC(CO)C(=O)O. The number of hydrogen-bond acceptors (Lipinski definition) is 9. The van der Waals surface area contributed by atoms with Crippen LogP contribution in [0.2, 0.25) is 0 Å². The summed E-state index contributed by atoms with van der Waals surface area (Å²) in [5, 5.41) is 32.9. The second-order valence-electron chi connectivity index (χ2n) is 6.17. The van der Waals surface area contributed by atoms with Crippen molar-refractivity contribution < 1.29 is 44.1 Å². The van der Waals surface area contributed by atoms with Gasteiger partial charge in [0.1, 0.15) is 24.2 Å². The summed E-state index contributed by atoms with van der Waals surface area (Å²) < 4.78 is 0. The van der Waals surface area contributed by atoms with Crippen LogP contribution in [0.5, 0.6) is 0 Å². The third-order valence-corrected chi connectivity index (χ3v) is 3.68. The Morgan fingerprint density at radius 2 is 1.23 bits per heavy atom. The van der Waals surface area contributed by atoms with E-state index in [1.54, 1.807) is 0 Å². The second-order valence-corrected chi connectivity index (χ2v) is 6.17. The van der Waals surface area contributed by atoms with E-state index in [4.69, 9.17) is 32.5 Å². The number of primary amides is 2. The fourth-order valence-corrected chi connectivity index (χ4v) is 2.06. The Hall–Kier alpha value is -3.30. The Morgan fingerprint density at radius 3 is 1.67 bits per heavy atom. The number of carbonyl (C=O) groups is 6. The fraction of sp³-hybridized carbons (Fsp3) is 0.600. The Labute approximate surface area is 170 Å². The summed E-state index contributed by atoms with van der Waals surface area (Å²) in [7, 11) is 0. The minimum atomic E-state index is -1.71. The molecule has 15 heteroatoms. The van der Waals surface area contributed by atoms with E-state index in [0.29, 0.717) is 0 Å². The zero-order valence-electron chi connectivity index (χ0n) is 15.9. The Morgan fingerprint density at radius 1 is 0.733 bits per heavy atom. The van der Waals surface area contributed by atoms with Crippen LogP contribution in [-0.4, -0.2) is 88.2 Å². The molecule has 5 amide bonds. The quantitative estimate of drug-likeness (QED) is 0.125. The molecule has 0 aliphatic rings. The number of carbonyl (C=O) groups excluding carboxylic acids is 5. The lowest BCUT2D eigenvalue weighted by Crippen LogP contribution is -2.58. The first-order chi connectivity index (χ1) is 13.9. The lowest BCUT2D eigenvalue weighted by atomic mass is 10.1. The van der Waals surface area contributed by atoms with Crippen molar-refractivity contribution in [2.24, 2.45) is 17.2 Å². The van der Waals surface area contributed by atoms with Crippen molar-refractivity contribution in [3.63, 3.8) is 0 Å². The maximum atomic E-state index is 12.5. The van der Waals surface area contributed by atoms with Crippen molar-refractivity contribution in [2.75, 3.05) is 13.2 Å². The molecule has 0 radical (unpaired) electrons. The van der Waals surface area contributed by atoms with E-state index < -0.39 is 79.3 Å². The summed E-state index contributed by atoms with van der Waals surface area (Å²) in [5.41, 5.74) is 15.4. The van der Waals surface area contributed by atoms with E-state index in [-0.39, 0.29) is 12.8 Å². The summed E-state index contributed by atoms with van der Waals surface area (Å²) in [4.78, 5) is 69.7. The van der Waals surface area contributed by atoms with Gasteiger partial charge in [-0.3, -0.25) is 24.0 Å². The van der Waals surface area contributed by atoms with Gasteiger partial charge in [0.25, 0.3) is 0 Å². The molecule has 0 saturated carbocycles. The summed E-state index contributed by atoms with van der Waals surface area (Å²) in [6.07, 6.45) is -1.38. The second kappa shape index (κ2) is 13.0. The topological polar surface area (TPSA) is 277 Å². The number of aliphatic hydroxyl groups is 2. The molecule has 15 nitrogen and oxygen atoms in total. The molecule has 0 saturated heterocycles. The highest BCUT2D eigenvalue weighted by Crippen LogP contribution is 2.02. The molecule has 4 atom stereocenters. The molecule has 0 aromatic rings. The van der Waals surface area contributed by atoms with Gasteiger partial charge in [0.05, 0.1) is 19.6 Å². The van der Waals surface area contributed by atoms with Crippen molar-refractivity contribution in [1.82, 2.24) is 16.0 Å². The van der Waals surface area contributed by atoms with Gasteiger partial charge in [-0.1, -0.05) is 0 Å². The summed E-state index contributed by atoms with van der Waals surface area (Å²) in [6, 6.07) is -6.17. The molecular weight excluding hydrogens is 408 g/mol. The Bertz CT molecular complexity index is 671. The number of hydrogen-bond donors (Lipinski definition) is 9. The van der Waals surface area contributed by atoms with E-state index in [9.17, 15) is 28.8 Å². The smallest absolute Gasteiger partial charge is 0.328 e. The van der Waals surface area contributed by atoms with Crippen molar-refractivity contribution in [3.8, 4) is 0 Å². The van der Waals surface area contributed by atoms with Gasteiger partial charge in [0.15, 0.2) is 0 Å². The van der Waals surface area contributed by atoms with Crippen LogP contribution in [-0.2, 0) is 28.8 Å². The molecule has 0 heterocycles. The minimum Gasteiger partial charge on any atom is -0.480 e. The van der Waals surface area contributed by atoms with Gasteiger partial charge < -0.3 is 48.5 Å². The Balaban J connectivity index is 5.44. The third kappa shape index (κ3) is 9.76. The number of nitrogens with one attached hydrogen (secondary N) is 3. The molecule has 4 unspecified atom stereocenters. The summed E-state index contributed by atoms with van der Waals surface area (Å²) in [5.74, 6) is -6.51. The molecule has 170 valence electrons. The highest BCUT2D eigenvalue weighted by Gasteiger charge is 2.31. The van der Waals surface area contributed by atoms with Gasteiger partial charge in [-0.15, -0.1) is 0 Å². The molecule has 0 bridgehead atoms. The van der Waals surface area contributed by atoms with Gasteiger partial charge in [-0.25, -0.2) is 4.79 Å². The predicted molar refractivity (Wildman–Crippen MR) is 97.8 cm³/mol. The summed E-state index contributed by atoms with van der Waals surface area (Å²) in [6.45, 7) is -1.70. The maximum Gasteiger partial charge on any atom is 0.328 e. The standard InChI is InChI=1S/C15H26N6O9/c16-6(4-22)12(26)19-7(1-2-10(17)24)13(27)20-8(3-11(18)25)14(28)21-9(5-23)15(29)30/h6-9,22-23H,1-5,16H2,(H2,17,24)(H2,18,25)(H,19,26)(H,20,27)(H,21,28)(H,29,30). The van der Waals surface area contributed by atoms with E-state index in [0.717, 1.165) is 0 Å². The number of carboxylic acids is 1. The molecule has 12 N–H and O–H groups in total. The van der Waals surface area contributed by atoms with E-state index in [2.05, 4.69) is 10.6 Å². The number of nitrogens with two attached hydrogens (primary N) is 3. The molecule has 0 aromatic carbocycles. The molecule has 0 spiro atoms. The largest absolute Gasteiger partial charge is 0.480 e. The van der Waals surface area contributed by atoms with Gasteiger partial charge in [-0.2, -0.15) is 0 Å². The average Bonchev–Trinajstić information content (AvgIpc) is 2.66. The van der Waals surface area contributed by atoms with Crippen LogP contribution in [0.1, 0.15) is 19.3 Å². The van der Waals surface area contributed by atoms with Crippen molar-refractivity contribution in [3.05, 3.63) is 0 Å². The first-order valence-corrected chi connectivity index (χ1v) is 8.60. The van der Waals surface area contributed by atoms with Gasteiger partial charge in [0, 0.05) is 6.42 Å². The van der Waals surface area contributed by atoms with E-state index in [1.165, 1.54) is 0 Å². The average molecular weight is 434 g/mol. The number of amides is 5. The zero-order chi connectivity index (χ0) is 23.4. The van der Waals surface area contributed by atoms with Crippen LogP contribution in [0.15, 0.2) is 0 Å². The number of carboxylic acid groups (broad SMARTS) is 1. The van der Waals surface area contributed by atoms with E-state index in [1.807, 2.05) is 5.32 Å². The zero-order valence-corrected chi connectivity index (χ0v) is 15.9. The maximum absolute atomic E-state index is 12.5. The minimum absolute atomic E-state index is 0.301. The monoisotopic (exact) mass is 434 g/mol.